The van der Waals surface area contributed by atoms with Crippen LogP contribution >= 0.6 is 0 Å². The van der Waals surface area contributed by atoms with Crippen molar-refractivity contribution < 1.29 is 0 Å². The Kier molecular flexibility index (Phi) is 8.59. The van der Waals surface area contributed by atoms with Crippen LogP contribution in [0.15, 0.2) is 249 Å². The molecule has 0 aliphatic carbocycles. The van der Waals surface area contributed by atoms with Crippen LogP contribution < -0.4 is 0 Å². The smallest absolute Gasteiger partial charge is 0.0715 e. The zero-order valence-electron chi connectivity index (χ0n) is 37.0. The van der Waals surface area contributed by atoms with Crippen LogP contribution in [0.1, 0.15) is 0 Å². The Balaban J connectivity index is 0.908. The number of nitrogens with zero attached hydrogens (tertiary/aromatic N) is 3. The first-order valence-corrected chi connectivity index (χ1v) is 23.4. The lowest BCUT2D eigenvalue weighted by Crippen LogP contribution is -1.95. The Morgan fingerprint density at radius 1 is 0.206 bits per heavy atom. The Morgan fingerprint density at radius 3 is 1.09 bits per heavy atom. The molecular formula is C65H41N3. The van der Waals surface area contributed by atoms with Gasteiger partial charge >= 0.3 is 0 Å². The molecule has 0 atom stereocenters. The van der Waals surface area contributed by atoms with Gasteiger partial charge in [0.25, 0.3) is 0 Å². The van der Waals surface area contributed by atoms with Gasteiger partial charge in [0.1, 0.15) is 0 Å². The second kappa shape index (κ2) is 15.3. The lowest BCUT2D eigenvalue weighted by molar-refractivity contribution is 1.18. The van der Waals surface area contributed by atoms with Crippen molar-refractivity contribution in [3.63, 3.8) is 0 Å². The number of aromatic nitrogens is 3. The van der Waals surface area contributed by atoms with Crippen molar-refractivity contribution in [1.29, 1.82) is 0 Å². The fourth-order valence-electron chi connectivity index (χ4n) is 10.9. The maximum absolute atomic E-state index is 5.13. The number of fused-ring (bicyclic) bond motifs is 12. The molecule has 3 nitrogen and oxygen atoms in total. The van der Waals surface area contributed by atoms with Crippen LogP contribution in [-0.2, 0) is 0 Å². The molecule has 14 rings (SSSR count). The highest BCUT2D eigenvalue weighted by Gasteiger charge is 2.18. The number of hydrogen-bond acceptors (Lipinski definition) is 1. The number of para-hydroxylation sites is 2. The molecule has 0 bridgehead atoms. The van der Waals surface area contributed by atoms with E-state index in [-0.39, 0.29) is 0 Å². The maximum atomic E-state index is 5.13. The summed E-state index contributed by atoms with van der Waals surface area (Å²) in [5, 5.41) is 12.6. The van der Waals surface area contributed by atoms with Gasteiger partial charge in [0, 0.05) is 44.0 Å². The van der Waals surface area contributed by atoms with Crippen molar-refractivity contribution in [1.82, 2.24) is 14.1 Å². The summed E-state index contributed by atoms with van der Waals surface area (Å²) in [4.78, 5) is 5.13. The van der Waals surface area contributed by atoms with Crippen molar-refractivity contribution in [3.8, 4) is 56.1 Å². The van der Waals surface area contributed by atoms with E-state index in [9.17, 15) is 0 Å². The molecule has 316 valence electrons. The summed E-state index contributed by atoms with van der Waals surface area (Å²) in [5.41, 5.74) is 15.7. The predicted molar refractivity (Wildman–Crippen MR) is 287 cm³/mol. The van der Waals surface area contributed by atoms with Crippen LogP contribution in [0.4, 0.5) is 0 Å². The van der Waals surface area contributed by atoms with Crippen LogP contribution in [-0.4, -0.2) is 14.1 Å². The first-order valence-electron chi connectivity index (χ1n) is 23.4. The molecule has 0 unspecified atom stereocenters. The van der Waals surface area contributed by atoms with E-state index in [2.05, 4.69) is 258 Å². The summed E-state index contributed by atoms with van der Waals surface area (Å²) in [5.74, 6) is 0. The van der Waals surface area contributed by atoms with E-state index in [0.717, 1.165) is 45.0 Å². The van der Waals surface area contributed by atoms with E-state index >= 15 is 0 Å². The van der Waals surface area contributed by atoms with Crippen LogP contribution in [0.2, 0.25) is 0 Å². The lowest BCUT2D eigenvalue weighted by Gasteiger charge is -2.14. The molecule has 0 fully saturated rings. The topological polar surface area (TPSA) is 22.8 Å². The Labute approximate surface area is 393 Å². The van der Waals surface area contributed by atoms with Gasteiger partial charge in [-0.1, -0.05) is 188 Å². The van der Waals surface area contributed by atoms with Gasteiger partial charge < -0.3 is 9.13 Å². The van der Waals surface area contributed by atoms with Gasteiger partial charge in [0.15, 0.2) is 0 Å². The molecule has 0 saturated heterocycles. The monoisotopic (exact) mass is 863 g/mol. The number of benzene rings is 11. The van der Waals surface area contributed by atoms with E-state index in [4.69, 9.17) is 4.98 Å². The van der Waals surface area contributed by atoms with Crippen molar-refractivity contribution in [2.24, 2.45) is 0 Å². The standard InChI is InChI=1S/C65H41N3/c1-3-15-43(16-4-1)60-37-47(38-61(66-60)44-17-5-2-6-18-44)42-27-31-48(32-28-42)67-62-25-13-11-23-55(62)57-34-29-45(39-64(57)67)46-30-35-58-56-24-12-14-26-63(56)68(65(58)40-46)49-33-36-54-52-21-8-7-19-50(52)51-20-9-10-22-53(51)59(54)41-49/h1-41H. The van der Waals surface area contributed by atoms with E-state index in [1.165, 1.54) is 87.1 Å². The second-order valence-electron chi connectivity index (χ2n) is 17.9. The molecule has 14 aromatic rings. The average Bonchev–Trinajstić information content (AvgIpc) is 3.93. The van der Waals surface area contributed by atoms with Gasteiger partial charge in [-0.25, -0.2) is 4.98 Å². The number of rotatable bonds is 6. The van der Waals surface area contributed by atoms with Gasteiger partial charge in [-0.15, -0.1) is 0 Å². The summed E-state index contributed by atoms with van der Waals surface area (Å²) in [6.07, 6.45) is 0. The maximum Gasteiger partial charge on any atom is 0.0715 e. The quantitative estimate of drug-likeness (QED) is 0.153. The zero-order valence-corrected chi connectivity index (χ0v) is 37.0. The highest BCUT2D eigenvalue weighted by Crippen LogP contribution is 2.41. The predicted octanol–water partition coefficient (Wildman–Crippen LogP) is 17.4. The third-order valence-corrected chi connectivity index (χ3v) is 14.1. The minimum atomic E-state index is 0.958. The first-order chi connectivity index (χ1) is 33.7. The molecule has 11 aromatic carbocycles. The van der Waals surface area contributed by atoms with Crippen molar-refractivity contribution in [2.75, 3.05) is 0 Å². The van der Waals surface area contributed by atoms with Crippen LogP contribution in [0.3, 0.4) is 0 Å². The molecule has 0 N–H and O–H groups in total. The van der Waals surface area contributed by atoms with E-state index < -0.39 is 0 Å². The summed E-state index contributed by atoms with van der Waals surface area (Å²) in [7, 11) is 0. The van der Waals surface area contributed by atoms with Gasteiger partial charge in [-0.3, -0.25) is 0 Å². The number of pyridine rings is 1. The second-order valence-corrected chi connectivity index (χ2v) is 17.9. The third-order valence-electron chi connectivity index (χ3n) is 14.1. The lowest BCUT2D eigenvalue weighted by atomic mass is 9.94. The number of hydrogen-bond donors (Lipinski definition) is 0. The minimum Gasteiger partial charge on any atom is -0.309 e. The molecule has 0 aliphatic heterocycles. The van der Waals surface area contributed by atoms with Gasteiger partial charge in [0.2, 0.25) is 0 Å². The van der Waals surface area contributed by atoms with Crippen LogP contribution in [0.25, 0.3) is 132 Å². The summed E-state index contributed by atoms with van der Waals surface area (Å²) in [6, 6.07) is 90.6. The highest BCUT2D eigenvalue weighted by atomic mass is 15.0. The average molecular weight is 864 g/mol. The molecular weight excluding hydrogens is 823 g/mol. The fourth-order valence-corrected chi connectivity index (χ4v) is 10.9. The molecule has 0 radical (unpaired) electrons. The van der Waals surface area contributed by atoms with E-state index in [1.54, 1.807) is 0 Å². The van der Waals surface area contributed by atoms with Gasteiger partial charge in [-0.05, 0) is 115 Å². The van der Waals surface area contributed by atoms with Crippen molar-refractivity contribution >= 4 is 75.9 Å². The van der Waals surface area contributed by atoms with Crippen LogP contribution in [0.5, 0.6) is 0 Å². The Morgan fingerprint density at radius 2 is 0.574 bits per heavy atom. The molecule has 0 saturated carbocycles. The Hall–Kier alpha value is -9.05. The summed E-state index contributed by atoms with van der Waals surface area (Å²) in [6.45, 7) is 0. The molecule has 3 aromatic heterocycles. The van der Waals surface area contributed by atoms with E-state index in [0.29, 0.717) is 0 Å². The van der Waals surface area contributed by atoms with E-state index in [1.807, 2.05) is 0 Å². The third kappa shape index (κ3) is 6.03. The zero-order chi connectivity index (χ0) is 44.7. The highest BCUT2D eigenvalue weighted by molar-refractivity contribution is 6.25. The van der Waals surface area contributed by atoms with Crippen molar-refractivity contribution in [3.05, 3.63) is 249 Å². The molecule has 0 spiro atoms. The first kappa shape index (κ1) is 38.2. The SMILES string of the molecule is c1ccc(-c2cc(-c3ccc(-n4c5ccccc5c5ccc(-c6ccc7c8ccccc8n(-c8ccc9c%10ccccc%10c%10ccccc%10c9c8)c7c6)cc54)cc3)cc(-c3ccccc3)n2)cc1. The van der Waals surface area contributed by atoms with Gasteiger partial charge in [0.05, 0.1) is 33.5 Å². The normalized spacial score (nSPS) is 11.8. The molecule has 0 amide bonds. The molecule has 3 heterocycles. The van der Waals surface area contributed by atoms with Crippen molar-refractivity contribution in [2.45, 2.75) is 0 Å². The Bertz CT molecular complexity index is 4200. The molecule has 0 aliphatic rings. The molecule has 3 heteroatoms. The largest absolute Gasteiger partial charge is 0.309 e. The van der Waals surface area contributed by atoms with Gasteiger partial charge in [-0.2, -0.15) is 0 Å². The molecule has 68 heavy (non-hydrogen) atoms. The summed E-state index contributed by atoms with van der Waals surface area (Å²) < 4.78 is 4.89. The minimum absolute atomic E-state index is 0.958. The fraction of sp³-hybridized carbons (Fsp3) is 0. The summed E-state index contributed by atoms with van der Waals surface area (Å²) >= 11 is 0. The van der Waals surface area contributed by atoms with Crippen LogP contribution in [0, 0.1) is 0 Å².